The summed E-state index contributed by atoms with van der Waals surface area (Å²) in [4.78, 5) is 29.7. The van der Waals surface area contributed by atoms with Crippen molar-refractivity contribution >= 4 is 29.1 Å². The van der Waals surface area contributed by atoms with E-state index in [0.29, 0.717) is 22.7 Å². The molecule has 6 heteroatoms. The molecule has 2 aromatic carbocycles. The lowest BCUT2D eigenvalue weighted by atomic mass is 9.95. The maximum atomic E-state index is 13.0. The van der Waals surface area contributed by atoms with E-state index in [1.807, 2.05) is 12.1 Å². The summed E-state index contributed by atoms with van der Waals surface area (Å²) in [7, 11) is 0. The Bertz CT molecular complexity index is 938. The number of rotatable bonds is 8. The van der Waals surface area contributed by atoms with Gasteiger partial charge in [-0.3, -0.25) is 9.59 Å². The number of aliphatic hydroxyl groups excluding tert-OH is 1. The summed E-state index contributed by atoms with van der Waals surface area (Å²) < 4.78 is 0. The quantitative estimate of drug-likeness (QED) is 0.383. The van der Waals surface area contributed by atoms with Gasteiger partial charge in [0.2, 0.25) is 0 Å². The molecule has 0 spiro atoms. The standard InChI is InChI=1S/C24H27ClN2O3/c1-3-26(4-2)14-9-15-27-21(18-12-8-13-19(25)16-18)20(23(29)24(27)30)22(28)17-10-6-5-7-11-17/h5-8,10-13,16,21,28H,3-4,9,14-15H2,1-2H3/b22-20-. The Morgan fingerprint density at radius 1 is 1.07 bits per heavy atom. The van der Waals surface area contributed by atoms with Gasteiger partial charge in [-0.2, -0.15) is 0 Å². The van der Waals surface area contributed by atoms with Crippen LogP contribution in [0.25, 0.3) is 5.76 Å². The minimum absolute atomic E-state index is 0.108. The highest BCUT2D eigenvalue weighted by Crippen LogP contribution is 2.40. The first kappa shape index (κ1) is 22.1. The third-order valence-corrected chi connectivity index (χ3v) is 5.75. The minimum atomic E-state index is -0.666. The molecule has 0 saturated carbocycles. The van der Waals surface area contributed by atoms with Gasteiger partial charge in [0.1, 0.15) is 5.76 Å². The normalized spacial score (nSPS) is 18.4. The second kappa shape index (κ2) is 9.92. The van der Waals surface area contributed by atoms with E-state index < -0.39 is 17.7 Å². The second-order valence-electron chi connectivity index (χ2n) is 7.29. The number of carbonyl (C=O) groups is 2. The van der Waals surface area contributed by atoms with Crippen LogP contribution >= 0.6 is 11.6 Å². The molecule has 1 saturated heterocycles. The molecule has 2 aromatic rings. The molecule has 0 aliphatic carbocycles. The molecule has 0 bridgehead atoms. The third-order valence-electron chi connectivity index (χ3n) is 5.52. The van der Waals surface area contributed by atoms with Gasteiger partial charge in [-0.25, -0.2) is 0 Å². The van der Waals surface area contributed by atoms with Crippen LogP contribution in [0.2, 0.25) is 5.02 Å². The van der Waals surface area contributed by atoms with Crippen molar-refractivity contribution in [3.05, 3.63) is 76.3 Å². The van der Waals surface area contributed by atoms with Gasteiger partial charge in [-0.05, 0) is 43.8 Å². The van der Waals surface area contributed by atoms with E-state index >= 15 is 0 Å². The van der Waals surface area contributed by atoms with Crippen molar-refractivity contribution in [1.82, 2.24) is 9.80 Å². The average molecular weight is 427 g/mol. The largest absolute Gasteiger partial charge is 0.507 e. The Morgan fingerprint density at radius 2 is 1.77 bits per heavy atom. The Kier molecular flexibility index (Phi) is 7.29. The Hall–Kier alpha value is -2.63. The predicted molar refractivity (Wildman–Crippen MR) is 119 cm³/mol. The molecular weight excluding hydrogens is 400 g/mol. The maximum absolute atomic E-state index is 13.0. The summed E-state index contributed by atoms with van der Waals surface area (Å²) >= 11 is 6.20. The zero-order valence-electron chi connectivity index (χ0n) is 17.3. The van der Waals surface area contributed by atoms with Crippen LogP contribution in [-0.2, 0) is 9.59 Å². The van der Waals surface area contributed by atoms with Crippen molar-refractivity contribution in [3.63, 3.8) is 0 Å². The number of nitrogens with zero attached hydrogens (tertiary/aromatic N) is 2. The van der Waals surface area contributed by atoms with Gasteiger partial charge in [0.05, 0.1) is 11.6 Å². The summed E-state index contributed by atoms with van der Waals surface area (Å²) in [6.45, 7) is 7.31. The van der Waals surface area contributed by atoms with Crippen LogP contribution in [0.3, 0.4) is 0 Å². The molecule has 0 radical (unpaired) electrons. The van der Waals surface area contributed by atoms with Crippen LogP contribution in [-0.4, -0.2) is 52.8 Å². The molecule has 30 heavy (non-hydrogen) atoms. The highest BCUT2D eigenvalue weighted by molar-refractivity contribution is 6.46. The van der Waals surface area contributed by atoms with E-state index in [9.17, 15) is 14.7 Å². The molecule has 1 unspecified atom stereocenters. The molecular formula is C24H27ClN2O3. The van der Waals surface area contributed by atoms with Crippen molar-refractivity contribution in [1.29, 1.82) is 0 Å². The molecule has 1 aliphatic rings. The highest BCUT2D eigenvalue weighted by atomic mass is 35.5. The third kappa shape index (κ3) is 4.58. The average Bonchev–Trinajstić information content (AvgIpc) is 3.02. The number of benzene rings is 2. The molecule has 1 N–H and O–H groups in total. The predicted octanol–water partition coefficient (Wildman–Crippen LogP) is 4.49. The topological polar surface area (TPSA) is 60.9 Å². The fourth-order valence-corrected chi connectivity index (χ4v) is 4.09. The van der Waals surface area contributed by atoms with Gasteiger partial charge >= 0.3 is 0 Å². The van der Waals surface area contributed by atoms with Crippen LogP contribution in [0.4, 0.5) is 0 Å². The molecule has 1 fully saturated rings. The Labute approximate surface area is 182 Å². The van der Waals surface area contributed by atoms with E-state index in [-0.39, 0.29) is 11.3 Å². The first-order valence-electron chi connectivity index (χ1n) is 10.3. The highest BCUT2D eigenvalue weighted by Gasteiger charge is 2.45. The second-order valence-corrected chi connectivity index (χ2v) is 7.73. The number of amides is 1. The lowest BCUT2D eigenvalue weighted by molar-refractivity contribution is -0.140. The molecule has 1 atom stereocenters. The molecule has 1 amide bonds. The number of Topliss-reactive ketones (excluding diaryl/α,β-unsaturated/α-hetero) is 1. The fraction of sp³-hybridized carbons (Fsp3) is 0.333. The summed E-state index contributed by atoms with van der Waals surface area (Å²) in [6, 6.07) is 15.3. The van der Waals surface area contributed by atoms with Crippen molar-refractivity contribution in [2.24, 2.45) is 0 Å². The van der Waals surface area contributed by atoms with Gasteiger partial charge in [0, 0.05) is 17.1 Å². The van der Waals surface area contributed by atoms with Crippen LogP contribution in [0, 0.1) is 0 Å². The number of aliphatic hydroxyl groups is 1. The van der Waals surface area contributed by atoms with E-state index in [0.717, 1.165) is 26.1 Å². The number of hydrogen-bond acceptors (Lipinski definition) is 4. The molecule has 0 aromatic heterocycles. The zero-order valence-corrected chi connectivity index (χ0v) is 18.1. The van der Waals surface area contributed by atoms with Gasteiger partial charge in [-0.1, -0.05) is 67.9 Å². The summed E-state index contributed by atoms with van der Waals surface area (Å²) in [5.41, 5.74) is 1.32. The van der Waals surface area contributed by atoms with Crippen molar-refractivity contribution in [2.75, 3.05) is 26.2 Å². The first-order valence-corrected chi connectivity index (χ1v) is 10.7. The van der Waals surface area contributed by atoms with Crippen LogP contribution < -0.4 is 0 Å². The van der Waals surface area contributed by atoms with Gasteiger partial charge < -0.3 is 14.9 Å². The zero-order chi connectivity index (χ0) is 21.7. The van der Waals surface area contributed by atoms with Crippen LogP contribution in [0.1, 0.15) is 37.4 Å². The van der Waals surface area contributed by atoms with E-state index in [1.54, 1.807) is 47.4 Å². The summed E-state index contributed by atoms with van der Waals surface area (Å²) in [5, 5.41) is 11.5. The number of ketones is 1. The smallest absolute Gasteiger partial charge is 0.295 e. The summed E-state index contributed by atoms with van der Waals surface area (Å²) in [5.74, 6) is -1.41. The number of halogens is 1. The van der Waals surface area contributed by atoms with Crippen molar-refractivity contribution in [3.8, 4) is 0 Å². The van der Waals surface area contributed by atoms with Gasteiger partial charge in [0.25, 0.3) is 11.7 Å². The van der Waals surface area contributed by atoms with Crippen LogP contribution in [0.15, 0.2) is 60.2 Å². The molecule has 3 rings (SSSR count). The molecule has 1 heterocycles. The van der Waals surface area contributed by atoms with Crippen LogP contribution in [0.5, 0.6) is 0 Å². The van der Waals surface area contributed by atoms with Gasteiger partial charge in [0.15, 0.2) is 0 Å². The molecule has 1 aliphatic heterocycles. The van der Waals surface area contributed by atoms with Crippen molar-refractivity contribution < 1.29 is 14.7 Å². The number of hydrogen-bond donors (Lipinski definition) is 1. The van der Waals surface area contributed by atoms with Gasteiger partial charge in [-0.15, -0.1) is 0 Å². The Balaban J connectivity index is 2.01. The number of likely N-dealkylation sites (tertiary alicyclic amines) is 1. The van der Waals surface area contributed by atoms with Crippen molar-refractivity contribution in [2.45, 2.75) is 26.3 Å². The first-order chi connectivity index (χ1) is 14.5. The molecule has 5 nitrogen and oxygen atoms in total. The Morgan fingerprint density at radius 3 is 2.40 bits per heavy atom. The number of carbonyl (C=O) groups excluding carboxylic acids is 2. The summed E-state index contributed by atoms with van der Waals surface area (Å²) in [6.07, 6.45) is 0.733. The minimum Gasteiger partial charge on any atom is -0.507 e. The lowest BCUT2D eigenvalue weighted by Gasteiger charge is -2.27. The maximum Gasteiger partial charge on any atom is 0.295 e. The van der Waals surface area contributed by atoms with E-state index in [4.69, 9.17) is 11.6 Å². The molecule has 158 valence electrons. The fourth-order valence-electron chi connectivity index (χ4n) is 3.89. The monoisotopic (exact) mass is 426 g/mol. The lowest BCUT2D eigenvalue weighted by Crippen LogP contribution is -2.33. The SMILES string of the molecule is CCN(CC)CCCN1C(=O)C(=O)/C(=C(\O)c2ccccc2)C1c1cccc(Cl)c1. The van der Waals surface area contributed by atoms with E-state index in [1.165, 1.54) is 0 Å². The van der Waals surface area contributed by atoms with E-state index in [2.05, 4.69) is 18.7 Å².